The number of nitrogens with zero attached hydrogens (tertiary/aromatic N) is 1. The van der Waals surface area contributed by atoms with E-state index in [9.17, 15) is 0 Å². The van der Waals surface area contributed by atoms with Crippen LogP contribution in [0.15, 0.2) is 12.1 Å². The number of rotatable bonds is 4. The first-order valence-corrected chi connectivity index (χ1v) is 11.2. The maximum absolute atomic E-state index is 6.36. The molecule has 4 aliphatic rings. The van der Waals surface area contributed by atoms with Gasteiger partial charge in [-0.2, -0.15) is 0 Å². The second-order valence-corrected chi connectivity index (χ2v) is 10.5. The third kappa shape index (κ3) is 3.77. The smallest absolute Gasteiger partial charge is 0.161 e. The van der Waals surface area contributed by atoms with Gasteiger partial charge in [0.05, 0.1) is 32.0 Å². The molecule has 3 heterocycles. The largest absolute Gasteiger partial charge is 0.493 e. The van der Waals surface area contributed by atoms with Gasteiger partial charge in [-0.3, -0.25) is 4.90 Å². The molecule has 160 valence electrons. The van der Waals surface area contributed by atoms with Crippen molar-refractivity contribution < 1.29 is 18.9 Å². The molecule has 0 bridgehead atoms. The molecule has 5 nitrogen and oxygen atoms in total. The molecule has 5 heteroatoms. The van der Waals surface area contributed by atoms with Gasteiger partial charge >= 0.3 is 0 Å². The van der Waals surface area contributed by atoms with Crippen LogP contribution in [0.2, 0.25) is 0 Å². The van der Waals surface area contributed by atoms with Gasteiger partial charge in [0, 0.05) is 24.5 Å². The van der Waals surface area contributed by atoms with Crippen LogP contribution in [-0.2, 0) is 15.9 Å². The molecule has 0 radical (unpaired) electrons. The molecule has 5 rings (SSSR count). The predicted octanol–water partition coefficient (Wildman–Crippen LogP) is 4.13. The number of hydrogen-bond donors (Lipinski definition) is 0. The van der Waals surface area contributed by atoms with Crippen molar-refractivity contribution >= 4 is 0 Å². The van der Waals surface area contributed by atoms with E-state index in [2.05, 4.69) is 37.8 Å². The van der Waals surface area contributed by atoms with Crippen molar-refractivity contribution in [3.05, 3.63) is 23.3 Å². The Morgan fingerprint density at radius 2 is 1.86 bits per heavy atom. The van der Waals surface area contributed by atoms with Gasteiger partial charge in [-0.05, 0) is 76.1 Å². The first-order valence-electron chi connectivity index (χ1n) is 11.2. The fourth-order valence-electron chi connectivity index (χ4n) is 5.66. The molecule has 0 aromatic heterocycles. The zero-order chi connectivity index (χ0) is 20.2. The van der Waals surface area contributed by atoms with Crippen molar-refractivity contribution in [2.24, 2.45) is 5.41 Å². The molecule has 0 amide bonds. The minimum atomic E-state index is -0.0770. The normalized spacial score (nSPS) is 28.8. The van der Waals surface area contributed by atoms with Crippen LogP contribution in [-0.4, -0.2) is 56.1 Å². The number of ether oxygens (including phenoxy) is 4. The van der Waals surface area contributed by atoms with Crippen molar-refractivity contribution in [2.45, 2.75) is 76.7 Å². The molecule has 3 fully saturated rings. The summed E-state index contributed by atoms with van der Waals surface area (Å²) in [6, 6.07) is 4.97. The highest BCUT2D eigenvalue weighted by Crippen LogP contribution is 2.50. The summed E-state index contributed by atoms with van der Waals surface area (Å²) in [6.07, 6.45) is 6.18. The molecule has 2 atom stereocenters. The van der Waals surface area contributed by atoms with Crippen LogP contribution in [0.3, 0.4) is 0 Å². The van der Waals surface area contributed by atoms with Gasteiger partial charge in [0.1, 0.15) is 6.10 Å². The van der Waals surface area contributed by atoms with Crippen molar-refractivity contribution in [3.63, 3.8) is 0 Å². The molecule has 0 N–H and O–H groups in total. The molecule has 1 aliphatic carbocycles. The summed E-state index contributed by atoms with van der Waals surface area (Å²) in [5.41, 5.74) is 3.19. The quantitative estimate of drug-likeness (QED) is 0.759. The summed E-state index contributed by atoms with van der Waals surface area (Å²) >= 11 is 0. The van der Waals surface area contributed by atoms with Crippen molar-refractivity contribution in [2.75, 3.05) is 33.4 Å². The van der Waals surface area contributed by atoms with E-state index in [0.29, 0.717) is 23.7 Å². The van der Waals surface area contributed by atoms with Crippen LogP contribution < -0.4 is 9.47 Å². The van der Waals surface area contributed by atoms with Crippen LogP contribution in [0, 0.1) is 5.41 Å². The van der Waals surface area contributed by atoms with Crippen molar-refractivity contribution in [3.8, 4) is 11.5 Å². The fraction of sp³-hybridized carbons (Fsp3) is 0.750. The Labute approximate surface area is 174 Å². The number of piperidine rings is 1. The molecule has 1 saturated carbocycles. The molecule has 2 unspecified atom stereocenters. The molecule has 2 saturated heterocycles. The van der Waals surface area contributed by atoms with Crippen LogP contribution in [0.25, 0.3) is 0 Å². The monoisotopic (exact) mass is 401 g/mol. The molecule has 3 aliphatic heterocycles. The highest BCUT2D eigenvalue weighted by molar-refractivity contribution is 5.50. The second-order valence-electron chi connectivity index (χ2n) is 10.5. The minimum Gasteiger partial charge on any atom is -0.493 e. The van der Waals surface area contributed by atoms with Gasteiger partial charge in [0.2, 0.25) is 0 Å². The van der Waals surface area contributed by atoms with Gasteiger partial charge < -0.3 is 18.9 Å². The average Bonchev–Trinajstić information content (AvgIpc) is 2.60. The van der Waals surface area contributed by atoms with Crippen molar-refractivity contribution in [1.29, 1.82) is 0 Å². The molecule has 1 aromatic rings. The summed E-state index contributed by atoms with van der Waals surface area (Å²) in [7, 11) is 1.76. The standard InChI is InChI=1S/C24H35NO4/c1-23(2,3)29-17-5-6-20-19-10-21(26-4)22(9-16(19)7-8-25(20)13-17)28-18-11-24(12-18)14-27-15-24/h9-10,17-18,20H,5-8,11-15H2,1-4H3. The third-order valence-electron chi connectivity index (χ3n) is 7.05. The molecule has 29 heavy (non-hydrogen) atoms. The molecule has 1 spiro atoms. The third-order valence-corrected chi connectivity index (χ3v) is 7.05. The topological polar surface area (TPSA) is 40.2 Å². The Hall–Kier alpha value is -1.30. The number of hydrogen-bond acceptors (Lipinski definition) is 5. The number of benzene rings is 1. The van der Waals surface area contributed by atoms with E-state index in [1.165, 1.54) is 11.1 Å². The van der Waals surface area contributed by atoms with Crippen LogP contribution in [0.1, 0.15) is 63.6 Å². The Morgan fingerprint density at radius 3 is 2.52 bits per heavy atom. The predicted molar refractivity (Wildman–Crippen MR) is 112 cm³/mol. The first kappa shape index (κ1) is 19.7. The summed E-state index contributed by atoms with van der Waals surface area (Å²) in [4.78, 5) is 2.61. The fourth-order valence-corrected chi connectivity index (χ4v) is 5.66. The molecular formula is C24H35NO4. The maximum atomic E-state index is 6.36. The summed E-state index contributed by atoms with van der Waals surface area (Å²) < 4.78 is 23.8. The lowest BCUT2D eigenvalue weighted by Gasteiger charge is -2.52. The lowest BCUT2D eigenvalue weighted by molar-refractivity contribution is -0.191. The number of fused-ring (bicyclic) bond motifs is 3. The highest BCUT2D eigenvalue weighted by atomic mass is 16.5. The Kier molecular flexibility index (Phi) is 4.84. The lowest BCUT2D eigenvalue weighted by Crippen LogP contribution is -2.56. The minimum absolute atomic E-state index is 0.0770. The van der Waals surface area contributed by atoms with E-state index in [4.69, 9.17) is 18.9 Å². The Morgan fingerprint density at radius 1 is 1.07 bits per heavy atom. The Bertz CT molecular complexity index is 759. The summed E-state index contributed by atoms with van der Waals surface area (Å²) in [6.45, 7) is 10.4. The van der Waals surface area contributed by atoms with E-state index in [0.717, 1.165) is 69.9 Å². The molecular weight excluding hydrogens is 366 g/mol. The lowest BCUT2D eigenvalue weighted by atomic mass is 9.65. The van der Waals surface area contributed by atoms with Gasteiger partial charge in [0.15, 0.2) is 11.5 Å². The van der Waals surface area contributed by atoms with Gasteiger partial charge in [-0.15, -0.1) is 0 Å². The van der Waals surface area contributed by atoms with Gasteiger partial charge in [-0.1, -0.05) is 0 Å². The maximum Gasteiger partial charge on any atom is 0.161 e. The van der Waals surface area contributed by atoms with E-state index in [1.54, 1.807) is 7.11 Å². The number of methoxy groups -OCH3 is 1. The van der Waals surface area contributed by atoms with E-state index in [1.807, 2.05) is 0 Å². The van der Waals surface area contributed by atoms with E-state index >= 15 is 0 Å². The van der Waals surface area contributed by atoms with Crippen LogP contribution in [0.4, 0.5) is 0 Å². The zero-order valence-corrected chi connectivity index (χ0v) is 18.3. The second kappa shape index (κ2) is 7.14. The van der Waals surface area contributed by atoms with Crippen molar-refractivity contribution in [1.82, 2.24) is 4.90 Å². The summed E-state index contributed by atoms with van der Waals surface area (Å²) in [5, 5.41) is 0. The van der Waals surface area contributed by atoms with Gasteiger partial charge in [-0.25, -0.2) is 0 Å². The Balaban J connectivity index is 1.30. The summed E-state index contributed by atoms with van der Waals surface area (Å²) in [5.74, 6) is 1.80. The van der Waals surface area contributed by atoms with Gasteiger partial charge in [0.25, 0.3) is 0 Å². The zero-order valence-electron chi connectivity index (χ0n) is 18.3. The van der Waals surface area contributed by atoms with Crippen LogP contribution >= 0.6 is 0 Å². The average molecular weight is 402 g/mol. The highest BCUT2D eigenvalue weighted by Gasteiger charge is 2.51. The molecule has 1 aromatic carbocycles. The first-order chi connectivity index (χ1) is 13.8. The van der Waals surface area contributed by atoms with E-state index < -0.39 is 0 Å². The van der Waals surface area contributed by atoms with Crippen LogP contribution in [0.5, 0.6) is 11.5 Å². The van der Waals surface area contributed by atoms with E-state index in [-0.39, 0.29) is 5.60 Å². The SMILES string of the molecule is COc1cc2c(cc1OC1CC3(COC3)C1)CCN1CC(OC(C)(C)C)CCC21.